The summed E-state index contributed by atoms with van der Waals surface area (Å²) in [6.45, 7) is 4.24. The second-order valence-corrected chi connectivity index (χ2v) is 6.50. The molecule has 1 saturated heterocycles. The fraction of sp³-hybridized carbons (Fsp3) is 0.636. The monoisotopic (exact) mass is 228 g/mol. The van der Waals surface area contributed by atoms with Gasteiger partial charge in [0.2, 0.25) is 0 Å². The van der Waals surface area contributed by atoms with Crippen LogP contribution in [0.5, 0.6) is 0 Å². The summed E-state index contributed by atoms with van der Waals surface area (Å²) in [5.74, 6) is 1.19. The van der Waals surface area contributed by atoms with E-state index in [1.165, 1.54) is 10.6 Å². The van der Waals surface area contributed by atoms with E-state index in [4.69, 9.17) is 0 Å². The Kier molecular flexibility index (Phi) is 2.91. The minimum atomic E-state index is -0.576. The Bertz CT molecular complexity index is 321. The Hall–Kier alpha value is 0.01000. The predicted molar refractivity (Wildman–Crippen MR) is 64.1 cm³/mol. The van der Waals surface area contributed by atoms with Crippen LogP contribution in [0.1, 0.15) is 30.2 Å². The zero-order valence-corrected chi connectivity index (χ0v) is 10.3. The molecule has 1 aromatic rings. The fourth-order valence-corrected chi connectivity index (χ4v) is 4.10. The summed E-state index contributed by atoms with van der Waals surface area (Å²) in [7, 11) is 0. The molecule has 2 unspecified atom stereocenters. The third-order valence-corrected chi connectivity index (χ3v) is 5.33. The molecule has 1 aliphatic rings. The highest BCUT2D eigenvalue weighted by Gasteiger charge is 2.39. The van der Waals surface area contributed by atoms with Gasteiger partial charge >= 0.3 is 0 Å². The Morgan fingerprint density at radius 3 is 2.93 bits per heavy atom. The molecule has 1 aromatic heterocycles. The average Bonchev–Trinajstić information content (AvgIpc) is 2.57. The summed E-state index contributed by atoms with van der Waals surface area (Å²) >= 11 is 3.62. The highest BCUT2D eigenvalue weighted by atomic mass is 32.2. The molecule has 2 rings (SSSR count). The van der Waals surface area contributed by atoms with Crippen LogP contribution < -0.4 is 0 Å². The highest BCUT2D eigenvalue weighted by Crippen LogP contribution is 2.43. The first-order valence-corrected chi connectivity index (χ1v) is 6.96. The maximum Gasteiger partial charge on any atom is 0.102 e. The number of thiophene rings is 1. The van der Waals surface area contributed by atoms with Crippen molar-refractivity contribution in [3.8, 4) is 0 Å². The van der Waals surface area contributed by atoms with Crippen LogP contribution in [-0.2, 0) is 5.60 Å². The largest absolute Gasteiger partial charge is 0.384 e. The molecule has 0 aromatic carbocycles. The summed E-state index contributed by atoms with van der Waals surface area (Å²) in [6.07, 6.45) is 2.04. The number of thioether (sulfide) groups is 1. The summed E-state index contributed by atoms with van der Waals surface area (Å²) in [4.78, 5) is 1.27. The molecule has 0 amide bonds. The first-order chi connectivity index (χ1) is 6.64. The van der Waals surface area contributed by atoms with Crippen molar-refractivity contribution in [3.05, 3.63) is 21.9 Å². The summed E-state index contributed by atoms with van der Waals surface area (Å²) in [5.41, 5.74) is 0.578. The Morgan fingerprint density at radius 1 is 1.57 bits per heavy atom. The third-order valence-electron chi connectivity index (χ3n) is 3.07. The van der Waals surface area contributed by atoms with Crippen LogP contribution in [0.15, 0.2) is 11.4 Å². The zero-order valence-electron chi connectivity index (χ0n) is 8.62. The van der Waals surface area contributed by atoms with Crippen molar-refractivity contribution < 1.29 is 5.11 Å². The van der Waals surface area contributed by atoms with E-state index in [0.29, 0.717) is 5.25 Å². The molecule has 0 radical (unpaired) electrons. The van der Waals surface area contributed by atoms with Crippen molar-refractivity contribution in [1.82, 2.24) is 0 Å². The lowest BCUT2D eigenvalue weighted by Crippen LogP contribution is -2.38. The Balaban J connectivity index is 2.34. The minimum absolute atomic E-state index is 0.324. The standard InChI is InChI=1S/C11H16OS2/c1-8-10(4-7-13-8)11(12)5-3-6-14-9(11)2/h4,7,9,12H,3,5-6H2,1-2H3. The molecule has 3 heteroatoms. The van der Waals surface area contributed by atoms with Gasteiger partial charge in [-0.1, -0.05) is 6.92 Å². The molecule has 0 spiro atoms. The van der Waals surface area contributed by atoms with Gasteiger partial charge in [0.1, 0.15) is 5.60 Å². The van der Waals surface area contributed by atoms with Crippen LogP contribution >= 0.6 is 23.1 Å². The molecule has 2 heterocycles. The molecular weight excluding hydrogens is 212 g/mol. The SMILES string of the molecule is Cc1sccc1C1(O)CCCSC1C. The fourth-order valence-electron chi connectivity index (χ4n) is 2.13. The van der Waals surface area contributed by atoms with E-state index in [1.54, 1.807) is 11.3 Å². The molecule has 0 saturated carbocycles. The van der Waals surface area contributed by atoms with Crippen molar-refractivity contribution >= 4 is 23.1 Å². The van der Waals surface area contributed by atoms with E-state index in [0.717, 1.165) is 18.4 Å². The van der Waals surface area contributed by atoms with Gasteiger partial charge in [-0.25, -0.2) is 0 Å². The number of aliphatic hydroxyl groups is 1. The van der Waals surface area contributed by atoms with Crippen molar-refractivity contribution in [2.75, 3.05) is 5.75 Å². The maximum atomic E-state index is 10.7. The zero-order chi connectivity index (χ0) is 10.2. The van der Waals surface area contributed by atoms with Gasteiger partial charge in [-0.05, 0) is 42.5 Å². The van der Waals surface area contributed by atoms with E-state index in [1.807, 2.05) is 11.8 Å². The van der Waals surface area contributed by atoms with Crippen LogP contribution in [0.25, 0.3) is 0 Å². The Morgan fingerprint density at radius 2 is 2.36 bits per heavy atom. The maximum absolute atomic E-state index is 10.7. The molecule has 0 bridgehead atoms. The molecule has 78 valence electrons. The van der Waals surface area contributed by atoms with Crippen molar-refractivity contribution in [1.29, 1.82) is 0 Å². The van der Waals surface area contributed by atoms with Crippen LogP contribution in [0, 0.1) is 6.92 Å². The average molecular weight is 228 g/mol. The number of hydrogen-bond donors (Lipinski definition) is 1. The lowest BCUT2D eigenvalue weighted by Gasteiger charge is -2.38. The van der Waals surface area contributed by atoms with Gasteiger partial charge in [0.15, 0.2) is 0 Å². The van der Waals surface area contributed by atoms with E-state index in [-0.39, 0.29) is 0 Å². The van der Waals surface area contributed by atoms with Crippen LogP contribution in [0.3, 0.4) is 0 Å². The summed E-state index contributed by atoms with van der Waals surface area (Å²) in [6, 6.07) is 2.09. The molecule has 1 N–H and O–H groups in total. The van der Waals surface area contributed by atoms with E-state index < -0.39 is 5.60 Å². The molecule has 1 nitrogen and oxygen atoms in total. The van der Waals surface area contributed by atoms with E-state index >= 15 is 0 Å². The first kappa shape index (κ1) is 10.5. The first-order valence-electron chi connectivity index (χ1n) is 5.03. The van der Waals surface area contributed by atoms with Crippen molar-refractivity contribution in [2.45, 2.75) is 37.5 Å². The van der Waals surface area contributed by atoms with Crippen LogP contribution in [0.4, 0.5) is 0 Å². The number of hydrogen-bond acceptors (Lipinski definition) is 3. The van der Waals surface area contributed by atoms with Gasteiger partial charge in [-0.3, -0.25) is 0 Å². The predicted octanol–water partition coefficient (Wildman–Crippen LogP) is 3.16. The molecule has 1 fully saturated rings. The van der Waals surface area contributed by atoms with E-state index in [2.05, 4.69) is 25.3 Å². The molecular formula is C11H16OS2. The van der Waals surface area contributed by atoms with Gasteiger partial charge in [0.25, 0.3) is 0 Å². The second-order valence-electron chi connectivity index (χ2n) is 3.93. The quantitative estimate of drug-likeness (QED) is 0.797. The smallest absolute Gasteiger partial charge is 0.102 e. The van der Waals surface area contributed by atoms with Gasteiger partial charge in [-0.15, -0.1) is 11.3 Å². The van der Waals surface area contributed by atoms with Crippen LogP contribution in [0.2, 0.25) is 0 Å². The normalized spacial score (nSPS) is 33.2. The second kappa shape index (κ2) is 3.87. The lowest BCUT2D eigenvalue weighted by atomic mass is 9.86. The minimum Gasteiger partial charge on any atom is -0.384 e. The molecule has 0 aliphatic carbocycles. The molecule has 1 aliphatic heterocycles. The summed E-state index contributed by atoms with van der Waals surface area (Å²) < 4.78 is 0. The lowest BCUT2D eigenvalue weighted by molar-refractivity contribution is 0.0253. The summed E-state index contributed by atoms with van der Waals surface area (Å²) in [5, 5.41) is 13.1. The molecule has 2 atom stereocenters. The Labute approximate surface area is 93.5 Å². The molecule has 14 heavy (non-hydrogen) atoms. The van der Waals surface area contributed by atoms with Gasteiger partial charge in [0, 0.05) is 10.1 Å². The number of aryl methyl sites for hydroxylation is 1. The topological polar surface area (TPSA) is 20.2 Å². The highest BCUT2D eigenvalue weighted by molar-refractivity contribution is 8.00. The third kappa shape index (κ3) is 1.62. The van der Waals surface area contributed by atoms with Crippen molar-refractivity contribution in [3.63, 3.8) is 0 Å². The van der Waals surface area contributed by atoms with Gasteiger partial charge in [0.05, 0.1) is 0 Å². The van der Waals surface area contributed by atoms with E-state index in [9.17, 15) is 5.11 Å². The van der Waals surface area contributed by atoms with Crippen molar-refractivity contribution in [2.24, 2.45) is 0 Å². The number of rotatable bonds is 1. The van der Waals surface area contributed by atoms with Gasteiger partial charge < -0.3 is 5.11 Å². The van der Waals surface area contributed by atoms with Crippen LogP contribution in [-0.4, -0.2) is 16.1 Å². The van der Waals surface area contributed by atoms with Gasteiger partial charge in [-0.2, -0.15) is 11.8 Å².